The fourth-order valence-electron chi connectivity index (χ4n) is 5.38. The largest absolute Gasteiger partial charge is 0.490 e. The molecule has 0 fully saturated rings. The van der Waals surface area contributed by atoms with Crippen LogP contribution in [0, 0.1) is 0 Å². The van der Waals surface area contributed by atoms with Crippen LogP contribution in [0.3, 0.4) is 0 Å². The van der Waals surface area contributed by atoms with E-state index in [9.17, 15) is 27.6 Å². The maximum absolute atomic E-state index is 13.5. The molecule has 2 aromatic carbocycles. The van der Waals surface area contributed by atoms with Crippen LogP contribution < -0.4 is 9.47 Å². The summed E-state index contributed by atoms with van der Waals surface area (Å²) in [5, 5.41) is 0. The van der Waals surface area contributed by atoms with E-state index in [1.807, 2.05) is 6.92 Å². The third-order valence-electron chi connectivity index (χ3n) is 8.41. The van der Waals surface area contributed by atoms with E-state index in [1.165, 1.54) is 75.6 Å². The molecule has 0 N–H and O–H groups in total. The summed E-state index contributed by atoms with van der Waals surface area (Å²) >= 11 is 0. The summed E-state index contributed by atoms with van der Waals surface area (Å²) in [6.07, 6.45) is 10.5. The molecule has 0 aliphatic carbocycles. The highest BCUT2D eigenvalue weighted by molar-refractivity contribution is 5.92. The molecule has 1 unspecified atom stereocenters. The maximum Gasteiger partial charge on any atom is 0.425 e. The van der Waals surface area contributed by atoms with E-state index in [2.05, 4.69) is 21.6 Å². The Labute approximate surface area is 299 Å². The number of carbonyl (C=O) groups excluding carboxylic acids is 3. The highest BCUT2D eigenvalue weighted by Crippen LogP contribution is 2.28. The molecule has 1 atom stereocenters. The van der Waals surface area contributed by atoms with Crippen LogP contribution in [-0.4, -0.2) is 46.6 Å². The monoisotopic (exact) mass is 712 g/mol. The summed E-state index contributed by atoms with van der Waals surface area (Å²) < 4.78 is 56.4. The maximum atomic E-state index is 13.5. The average Bonchev–Trinajstić information content (AvgIpc) is 3.12. The first-order valence-corrected chi connectivity index (χ1v) is 18.3. The fraction of sp³-hybridized carbons (Fsp3) is 0.525. The third-order valence-corrected chi connectivity index (χ3v) is 8.41. The molecular formula is C40H51F3N2O6. The molecular weight excluding hydrogens is 661 g/mol. The molecule has 8 nitrogen and oxygen atoms in total. The zero-order chi connectivity index (χ0) is 36.9. The third kappa shape index (κ3) is 15.7. The lowest BCUT2D eigenvalue weighted by molar-refractivity contribution is -0.206. The van der Waals surface area contributed by atoms with Gasteiger partial charge in [0.2, 0.25) is 6.10 Å². The molecule has 3 aromatic rings. The van der Waals surface area contributed by atoms with Gasteiger partial charge in [0.05, 0.1) is 36.5 Å². The molecule has 0 saturated carbocycles. The Hall–Kier alpha value is -4.28. The number of alkyl halides is 3. The Balaban J connectivity index is 1.42. The summed E-state index contributed by atoms with van der Waals surface area (Å²) in [4.78, 5) is 46.0. The molecule has 51 heavy (non-hydrogen) atoms. The van der Waals surface area contributed by atoms with Crippen LogP contribution in [0.4, 0.5) is 13.2 Å². The fourth-order valence-corrected chi connectivity index (χ4v) is 5.38. The van der Waals surface area contributed by atoms with Gasteiger partial charge in [0.25, 0.3) is 0 Å². The van der Waals surface area contributed by atoms with Crippen molar-refractivity contribution in [3.8, 4) is 22.9 Å². The van der Waals surface area contributed by atoms with Gasteiger partial charge in [-0.25, -0.2) is 19.6 Å². The Morgan fingerprint density at radius 2 is 1.16 bits per heavy atom. The first kappa shape index (κ1) is 41.1. The van der Waals surface area contributed by atoms with Crippen LogP contribution in [0.5, 0.6) is 11.5 Å². The topological polar surface area (TPSA) is 105 Å². The van der Waals surface area contributed by atoms with E-state index in [4.69, 9.17) is 9.47 Å². The number of ether oxygens (including phenoxy) is 3. The van der Waals surface area contributed by atoms with Crippen LogP contribution in [0.2, 0.25) is 0 Å². The number of ketones is 1. The number of hydrogen-bond donors (Lipinski definition) is 0. The predicted octanol–water partition coefficient (Wildman–Crippen LogP) is 10.7. The van der Waals surface area contributed by atoms with E-state index < -0.39 is 36.4 Å². The zero-order valence-corrected chi connectivity index (χ0v) is 29.8. The van der Waals surface area contributed by atoms with Crippen molar-refractivity contribution in [1.29, 1.82) is 0 Å². The van der Waals surface area contributed by atoms with Crippen molar-refractivity contribution >= 4 is 17.7 Å². The summed E-state index contributed by atoms with van der Waals surface area (Å²) in [6, 6.07) is 11.4. The van der Waals surface area contributed by atoms with Gasteiger partial charge >= 0.3 is 18.1 Å². The zero-order valence-electron chi connectivity index (χ0n) is 29.8. The van der Waals surface area contributed by atoms with E-state index >= 15 is 0 Å². The number of unbranched alkanes of at least 4 members (excludes halogenated alkanes) is 12. The lowest BCUT2D eigenvalue weighted by Crippen LogP contribution is -2.35. The Morgan fingerprint density at radius 3 is 1.73 bits per heavy atom. The van der Waals surface area contributed by atoms with Crippen LogP contribution in [0.25, 0.3) is 11.4 Å². The van der Waals surface area contributed by atoms with Crippen LogP contribution in [-0.2, 0) is 9.53 Å². The normalized spacial score (nSPS) is 11.9. The van der Waals surface area contributed by atoms with E-state index in [-0.39, 0.29) is 23.3 Å². The number of hydrogen-bond acceptors (Lipinski definition) is 8. The molecule has 0 bridgehead atoms. The minimum Gasteiger partial charge on any atom is -0.490 e. The van der Waals surface area contributed by atoms with Gasteiger partial charge < -0.3 is 14.2 Å². The number of nitrogens with zero attached hydrogens (tertiary/aromatic N) is 2. The summed E-state index contributed by atoms with van der Waals surface area (Å²) in [5.74, 6) is -1.39. The summed E-state index contributed by atoms with van der Waals surface area (Å²) in [6.45, 7) is 4.84. The molecule has 0 aliphatic heterocycles. The second kappa shape index (κ2) is 22.5. The van der Waals surface area contributed by atoms with Crippen molar-refractivity contribution in [2.24, 2.45) is 0 Å². The van der Waals surface area contributed by atoms with E-state index in [0.29, 0.717) is 30.2 Å². The smallest absolute Gasteiger partial charge is 0.425 e. The highest BCUT2D eigenvalue weighted by atomic mass is 19.4. The van der Waals surface area contributed by atoms with Gasteiger partial charge in [0, 0.05) is 12.0 Å². The molecule has 1 heterocycles. The standard InChI is InChI=1S/C40H51F3N2O6/c1-3-5-7-9-10-11-12-13-14-16-26-49-35-28-44-37(45-29-35)30-18-20-31(21-19-30)38(47)50-34-24-22-32(23-25-34)39(48)51-36(40(41,42)43)27-33(46)17-15-8-6-4-2/h18-25,28-29,36H,3-17,26-27H2,1-2H3. The summed E-state index contributed by atoms with van der Waals surface area (Å²) in [5.41, 5.74) is 0.746. The Bertz CT molecular complexity index is 1460. The van der Waals surface area contributed by atoms with Crippen molar-refractivity contribution < 1.29 is 41.8 Å². The number of benzene rings is 2. The van der Waals surface area contributed by atoms with Gasteiger partial charge in [-0.05, 0) is 49.2 Å². The van der Waals surface area contributed by atoms with Crippen molar-refractivity contribution in [1.82, 2.24) is 9.97 Å². The molecule has 11 heteroatoms. The quantitative estimate of drug-likeness (QED) is 0.0513. The second-order valence-corrected chi connectivity index (χ2v) is 12.8. The van der Waals surface area contributed by atoms with Crippen molar-refractivity contribution in [2.45, 2.75) is 129 Å². The molecule has 3 rings (SSSR count). The van der Waals surface area contributed by atoms with Gasteiger partial charge in [-0.3, -0.25) is 4.79 Å². The first-order valence-electron chi connectivity index (χ1n) is 18.3. The van der Waals surface area contributed by atoms with Crippen LogP contribution in [0.15, 0.2) is 60.9 Å². The van der Waals surface area contributed by atoms with Gasteiger partial charge in [-0.2, -0.15) is 13.2 Å². The van der Waals surface area contributed by atoms with Crippen LogP contribution in [0.1, 0.15) is 137 Å². The van der Waals surface area contributed by atoms with Gasteiger partial charge in [-0.1, -0.05) is 103 Å². The number of esters is 2. The highest BCUT2D eigenvalue weighted by Gasteiger charge is 2.44. The van der Waals surface area contributed by atoms with Gasteiger partial charge in [0.1, 0.15) is 11.5 Å². The van der Waals surface area contributed by atoms with Crippen molar-refractivity contribution in [3.63, 3.8) is 0 Å². The predicted molar refractivity (Wildman–Crippen MR) is 190 cm³/mol. The molecule has 0 aliphatic rings. The molecule has 1 aromatic heterocycles. The number of rotatable bonds is 24. The average molecular weight is 713 g/mol. The second-order valence-electron chi connectivity index (χ2n) is 12.8. The lowest BCUT2D eigenvalue weighted by Gasteiger charge is -2.20. The van der Waals surface area contributed by atoms with E-state index in [1.54, 1.807) is 36.7 Å². The number of aromatic nitrogens is 2. The number of carbonyl (C=O) groups is 3. The minimum atomic E-state index is -4.89. The molecule has 0 spiro atoms. The SMILES string of the molecule is CCCCCCCCCCCCOc1cnc(-c2ccc(C(=O)Oc3ccc(C(=O)OC(CC(=O)CCCCCC)C(F)(F)F)cc3)cc2)nc1. The van der Waals surface area contributed by atoms with Gasteiger partial charge in [0.15, 0.2) is 11.6 Å². The van der Waals surface area contributed by atoms with Crippen molar-refractivity contribution in [2.75, 3.05) is 6.61 Å². The Morgan fingerprint density at radius 1 is 0.647 bits per heavy atom. The van der Waals surface area contributed by atoms with E-state index in [0.717, 1.165) is 32.1 Å². The number of Topliss-reactive ketones (excluding diaryl/α,β-unsaturated/α-hetero) is 1. The molecule has 0 radical (unpaired) electrons. The van der Waals surface area contributed by atoms with Gasteiger partial charge in [-0.15, -0.1) is 0 Å². The molecule has 278 valence electrons. The summed E-state index contributed by atoms with van der Waals surface area (Å²) in [7, 11) is 0. The first-order chi connectivity index (χ1) is 24.6. The minimum absolute atomic E-state index is 0.00274. The lowest BCUT2D eigenvalue weighted by atomic mass is 10.1. The van der Waals surface area contributed by atoms with Crippen molar-refractivity contribution in [3.05, 3.63) is 72.1 Å². The molecule has 0 amide bonds. The number of halogens is 3. The Kier molecular flexibility index (Phi) is 18.2. The molecule has 0 saturated heterocycles. The van der Waals surface area contributed by atoms with Crippen LogP contribution >= 0.6 is 0 Å².